The number of nitrogens with one attached hydrogen (secondary N) is 1. The number of halogens is 1. The van der Waals surface area contributed by atoms with Crippen molar-refractivity contribution in [3.8, 4) is 0 Å². The van der Waals surface area contributed by atoms with Crippen LogP contribution in [0.25, 0.3) is 0 Å². The summed E-state index contributed by atoms with van der Waals surface area (Å²) in [5.74, 6) is 0.210. The fourth-order valence-corrected chi connectivity index (χ4v) is 3.40. The molecule has 1 saturated heterocycles. The van der Waals surface area contributed by atoms with Crippen LogP contribution >= 0.6 is 0 Å². The van der Waals surface area contributed by atoms with Gasteiger partial charge in [-0.1, -0.05) is 19.1 Å². The van der Waals surface area contributed by atoms with E-state index >= 15 is 0 Å². The van der Waals surface area contributed by atoms with E-state index in [1.54, 1.807) is 16.8 Å². The van der Waals surface area contributed by atoms with E-state index < -0.39 is 0 Å². The third kappa shape index (κ3) is 4.91. The molecule has 0 aliphatic carbocycles. The van der Waals surface area contributed by atoms with Gasteiger partial charge in [0.1, 0.15) is 12.4 Å². The van der Waals surface area contributed by atoms with Gasteiger partial charge in [0, 0.05) is 31.7 Å². The number of hydrogen-bond acceptors (Lipinski definition) is 3. The molecular weight excluding hydrogens is 331 g/mol. The Morgan fingerprint density at radius 1 is 1.35 bits per heavy atom. The number of hydrogen-bond donors (Lipinski definition) is 1. The summed E-state index contributed by atoms with van der Waals surface area (Å²) >= 11 is 0. The minimum Gasteiger partial charge on any atom is -0.337 e. The minimum absolute atomic E-state index is 0.0348. The molecule has 5 nitrogen and oxygen atoms in total. The molecule has 1 fully saturated rings. The topological polar surface area (TPSA) is 50.2 Å². The summed E-state index contributed by atoms with van der Waals surface area (Å²) in [7, 11) is 0. The van der Waals surface area contributed by atoms with Crippen LogP contribution in [0.2, 0.25) is 0 Å². The molecule has 2 aromatic rings. The maximum atomic E-state index is 13.1. The highest BCUT2D eigenvalue weighted by molar-refractivity contribution is 5.75. The molecule has 26 heavy (non-hydrogen) atoms. The van der Waals surface area contributed by atoms with E-state index in [1.807, 2.05) is 24.1 Å². The van der Waals surface area contributed by atoms with Gasteiger partial charge in [-0.15, -0.1) is 0 Å². The van der Waals surface area contributed by atoms with Gasteiger partial charge in [-0.25, -0.2) is 4.39 Å². The SMILES string of the molecule is CCCN(Cc1ccc(F)cc1)C(=O)Cn1ccc([C@@H]2CCCNC2)n1. The lowest BCUT2D eigenvalue weighted by Crippen LogP contribution is -2.34. The highest BCUT2D eigenvalue weighted by Gasteiger charge is 2.19. The Labute approximate surface area is 154 Å². The first-order valence-corrected chi connectivity index (χ1v) is 9.42. The number of benzene rings is 1. The fraction of sp³-hybridized carbons (Fsp3) is 0.500. The number of carbonyl (C=O) groups is 1. The van der Waals surface area contributed by atoms with Crippen molar-refractivity contribution >= 4 is 5.91 Å². The van der Waals surface area contributed by atoms with Crippen LogP contribution < -0.4 is 5.32 Å². The molecule has 0 radical (unpaired) electrons. The summed E-state index contributed by atoms with van der Waals surface area (Å²) in [5.41, 5.74) is 1.99. The molecule has 6 heteroatoms. The first-order valence-electron chi connectivity index (χ1n) is 9.42. The Balaban J connectivity index is 1.62. The average Bonchev–Trinajstić information content (AvgIpc) is 3.12. The summed E-state index contributed by atoms with van der Waals surface area (Å²) in [4.78, 5) is 14.6. The molecule has 1 aliphatic rings. The van der Waals surface area contributed by atoms with Gasteiger partial charge in [-0.05, 0) is 49.6 Å². The third-order valence-electron chi connectivity index (χ3n) is 4.81. The number of piperidine rings is 1. The van der Waals surface area contributed by atoms with Crippen LogP contribution in [0.1, 0.15) is 43.4 Å². The molecular formula is C20H27FN4O. The van der Waals surface area contributed by atoms with Gasteiger partial charge in [0.2, 0.25) is 5.91 Å². The lowest BCUT2D eigenvalue weighted by atomic mass is 9.97. The van der Waals surface area contributed by atoms with E-state index in [-0.39, 0.29) is 18.3 Å². The standard InChI is InChI=1S/C20H27FN4O/c1-2-11-24(14-16-5-7-18(21)8-6-16)20(26)15-25-12-9-19(23-25)17-4-3-10-22-13-17/h5-9,12,17,22H,2-4,10-11,13-15H2,1H3/t17-/m1/s1. The van der Waals surface area contributed by atoms with Crippen LogP contribution in [0, 0.1) is 5.82 Å². The predicted octanol–water partition coefficient (Wildman–Crippen LogP) is 2.93. The van der Waals surface area contributed by atoms with Crippen molar-refractivity contribution in [3.05, 3.63) is 53.6 Å². The van der Waals surface area contributed by atoms with E-state index in [0.717, 1.165) is 37.2 Å². The molecule has 0 saturated carbocycles. The number of rotatable bonds is 7. The summed E-state index contributed by atoms with van der Waals surface area (Å²) in [6, 6.07) is 8.35. The average molecular weight is 358 g/mol. The fourth-order valence-electron chi connectivity index (χ4n) is 3.40. The van der Waals surface area contributed by atoms with Gasteiger partial charge in [0.05, 0.1) is 5.69 Å². The van der Waals surface area contributed by atoms with Crippen LogP contribution in [0.3, 0.4) is 0 Å². The maximum Gasteiger partial charge on any atom is 0.244 e. The molecule has 0 bridgehead atoms. The van der Waals surface area contributed by atoms with E-state index in [2.05, 4.69) is 10.4 Å². The molecule has 1 aromatic carbocycles. The van der Waals surface area contributed by atoms with E-state index in [4.69, 9.17) is 0 Å². The van der Waals surface area contributed by atoms with Crippen molar-refractivity contribution in [2.75, 3.05) is 19.6 Å². The normalized spacial score (nSPS) is 17.2. The molecule has 2 heterocycles. The molecule has 1 aromatic heterocycles. The van der Waals surface area contributed by atoms with Crippen molar-refractivity contribution in [2.45, 2.75) is 45.2 Å². The second kappa shape index (κ2) is 8.94. The molecule has 3 rings (SSSR count). The second-order valence-corrected chi connectivity index (χ2v) is 6.92. The molecule has 1 N–H and O–H groups in total. The molecule has 0 spiro atoms. The predicted molar refractivity (Wildman–Crippen MR) is 99.2 cm³/mol. The molecule has 1 atom stereocenters. The smallest absolute Gasteiger partial charge is 0.244 e. The Bertz CT molecular complexity index is 707. The summed E-state index contributed by atoms with van der Waals surface area (Å²) in [6.07, 6.45) is 5.08. The van der Waals surface area contributed by atoms with Gasteiger partial charge in [-0.3, -0.25) is 9.48 Å². The number of carbonyl (C=O) groups excluding carboxylic acids is 1. The van der Waals surface area contributed by atoms with Crippen molar-refractivity contribution in [1.82, 2.24) is 20.0 Å². The van der Waals surface area contributed by atoms with Crippen molar-refractivity contribution < 1.29 is 9.18 Å². The number of nitrogens with zero attached hydrogens (tertiary/aromatic N) is 3. The van der Waals surface area contributed by atoms with Crippen LogP contribution in [-0.4, -0.2) is 40.2 Å². The molecule has 1 aliphatic heterocycles. The monoisotopic (exact) mass is 358 g/mol. The summed E-state index contributed by atoms with van der Waals surface area (Å²) in [6.45, 7) is 5.49. The molecule has 0 unspecified atom stereocenters. The highest BCUT2D eigenvalue weighted by Crippen LogP contribution is 2.21. The lowest BCUT2D eigenvalue weighted by Gasteiger charge is -2.22. The Kier molecular flexibility index (Phi) is 6.39. The molecule has 140 valence electrons. The lowest BCUT2D eigenvalue weighted by molar-refractivity contribution is -0.132. The largest absolute Gasteiger partial charge is 0.337 e. The van der Waals surface area contributed by atoms with Gasteiger partial charge in [-0.2, -0.15) is 5.10 Å². The van der Waals surface area contributed by atoms with Crippen molar-refractivity contribution in [3.63, 3.8) is 0 Å². The zero-order chi connectivity index (χ0) is 18.4. The zero-order valence-electron chi connectivity index (χ0n) is 15.3. The van der Waals surface area contributed by atoms with Crippen LogP contribution in [0.4, 0.5) is 4.39 Å². The first-order chi connectivity index (χ1) is 12.7. The van der Waals surface area contributed by atoms with Crippen molar-refractivity contribution in [2.24, 2.45) is 0 Å². The van der Waals surface area contributed by atoms with Gasteiger partial charge < -0.3 is 10.2 Å². The first kappa shape index (κ1) is 18.6. The van der Waals surface area contributed by atoms with E-state index in [1.165, 1.54) is 18.6 Å². The highest BCUT2D eigenvalue weighted by atomic mass is 19.1. The van der Waals surface area contributed by atoms with Crippen molar-refractivity contribution in [1.29, 1.82) is 0 Å². The second-order valence-electron chi connectivity index (χ2n) is 6.92. The summed E-state index contributed by atoms with van der Waals surface area (Å²) < 4.78 is 14.8. The van der Waals surface area contributed by atoms with Gasteiger partial charge in [0.15, 0.2) is 0 Å². The zero-order valence-corrected chi connectivity index (χ0v) is 15.3. The van der Waals surface area contributed by atoms with Crippen LogP contribution in [-0.2, 0) is 17.9 Å². The number of amides is 1. The Morgan fingerprint density at radius 2 is 2.15 bits per heavy atom. The molecule has 1 amide bonds. The quantitative estimate of drug-likeness (QED) is 0.828. The van der Waals surface area contributed by atoms with Gasteiger partial charge >= 0.3 is 0 Å². The maximum absolute atomic E-state index is 13.1. The Morgan fingerprint density at radius 3 is 2.85 bits per heavy atom. The van der Waals surface area contributed by atoms with E-state index in [0.29, 0.717) is 19.0 Å². The van der Waals surface area contributed by atoms with Crippen LogP contribution in [0.15, 0.2) is 36.5 Å². The Hall–Kier alpha value is -2.21. The number of aromatic nitrogens is 2. The summed E-state index contributed by atoms with van der Waals surface area (Å²) in [5, 5.41) is 8.01. The van der Waals surface area contributed by atoms with Crippen LogP contribution in [0.5, 0.6) is 0 Å². The van der Waals surface area contributed by atoms with Gasteiger partial charge in [0.25, 0.3) is 0 Å². The minimum atomic E-state index is -0.261. The third-order valence-corrected chi connectivity index (χ3v) is 4.81. The van der Waals surface area contributed by atoms with E-state index in [9.17, 15) is 9.18 Å².